The fraction of sp³-hybridized carbons (Fsp3) is 0.385. The Bertz CT molecular complexity index is 539. The molecule has 1 amide bonds. The number of carbonyl (C=O) groups is 2. The minimum Gasteiger partial charge on any atom is -0.508 e. The van der Waals surface area contributed by atoms with Gasteiger partial charge in [0.05, 0.1) is 5.75 Å². The fourth-order valence-corrected chi connectivity index (χ4v) is 3.54. The third kappa shape index (κ3) is 3.40. The average molecular weight is 312 g/mol. The zero-order chi connectivity index (χ0) is 15.4. The van der Waals surface area contributed by atoms with Crippen LogP contribution in [0.25, 0.3) is 0 Å². The van der Waals surface area contributed by atoms with Crippen LogP contribution >= 0.6 is 11.8 Å². The van der Waals surface area contributed by atoms with Crippen LogP contribution in [0, 0.1) is 0 Å². The highest BCUT2D eigenvalue weighted by Crippen LogP contribution is 2.44. The lowest BCUT2D eigenvalue weighted by Gasteiger charge is -2.28. The molecule has 1 heterocycles. The third-order valence-corrected chi connectivity index (χ3v) is 4.32. The summed E-state index contributed by atoms with van der Waals surface area (Å²) in [5.41, 5.74) is 5.94. The summed E-state index contributed by atoms with van der Waals surface area (Å²) in [4.78, 5) is 24.3. The van der Waals surface area contributed by atoms with Gasteiger partial charge in [0.15, 0.2) is 6.23 Å². The first kappa shape index (κ1) is 15.5. The van der Waals surface area contributed by atoms with Gasteiger partial charge < -0.3 is 20.7 Å². The molecule has 0 spiro atoms. The molecule has 1 aromatic carbocycles. The van der Waals surface area contributed by atoms with Gasteiger partial charge in [0.2, 0.25) is 5.91 Å². The maximum absolute atomic E-state index is 12.2. The minimum atomic E-state index is -1.44. The number of amides is 1. The first-order valence-corrected chi connectivity index (χ1v) is 7.39. The Balaban J connectivity index is 2.29. The predicted molar refractivity (Wildman–Crippen MR) is 76.7 cm³/mol. The molecule has 0 saturated carbocycles. The molecule has 1 aromatic rings. The molecule has 114 valence electrons. The van der Waals surface area contributed by atoms with E-state index in [2.05, 4.69) is 0 Å². The molecule has 1 aliphatic rings. The zero-order valence-electron chi connectivity index (χ0n) is 11.1. The number of ether oxygens (including phenoxy) is 1. The molecule has 2 atom stereocenters. The van der Waals surface area contributed by atoms with Crippen LogP contribution in [0.15, 0.2) is 24.3 Å². The van der Waals surface area contributed by atoms with Crippen molar-refractivity contribution in [2.75, 3.05) is 12.3 Å². The second-order valence-corrected chi connectivity index (χ2v) is 5.54. The molecule has 0 aromatic heterocycles. The van der Waals surface area contributed by atoms with Crippen molar-refractivity contribution in [2.24, 2.45) is 5.73 Å². The van der Waals surface area contributed by atoms with Gasteiger partial charge in [-0.25, -0.2) is 4.79 Å². The molecule has 21 heavy (non-hydrogen) atoms. The van der Waals surface area contributed by atoms with Crippen LogP contribution in [-0.4, -0.2) is 45.7 Å². The number of benzene rings is 1. The number of aromatic hydroxyl groups is 1. The number of rotatable bonds is 4. The lowest BCUT2D eigenvalue weighted by Crippen LogP contribution is -2.41. The van der Waals surface area contributed by atoms with Crippen molar-refractivity contribution < 1.29 is 24.5 Å². The van der Waals surface area contributed by atoms with E-state index in [1.54, 1.807) is 18.2 Å². The van der Waals surface area contributed by atoms with Crippen LogP contribution in [0.5, 0.6) is 5.75 Å². The van der Waals surface area contributed by atoms with E-state index < -0.39 is 17.8 Å². The van der Waals surface area contributed by atoms with E-state index in [1.807, 2.05) is 0 Å². The molecule has 1 saturated heterocycles. The molecule has 0 aliphatic carbocycles. The van der Waals surface area contributed by atoms with Crippen molar-refractivity contribution in [1.29, 1.82) is 0 Å². The maximum atomic E-state index is 12.2. The Kier molecular flexibility index (Phi) is 4.92. The van der Waals surface area contributed by atoms with Gasteiger partial charge in [0, 0.05) is 18.5 Å². The summed E-state index contributed by atoms with van der Waals surface area (Å²) < 4.78 is 4.76. The quantitative estimate of drug-likeness (QED) is 0.719. The number of hydrogen-bond donors (Lipinski definition) is 3. The molecular formula is C13H16N2O5S. The number of carbonyl (C=O) groups excluding carboxylic acids is 1. The van der Waals surface area contributed by atoms with Gasteiger partial charge in [-0.2, -0.15) is 0 Å². The number of hydrogen-bond acceptors (Lipinski definition) is 6. The summed E-state index contributed by atoms with van der Waals surface area (Å²) in [6, 6.07) is 6.63. The first-order chi connectivity index (χ1) is 10.0. The van der Waals surface area contributed by atoms with Gasteiger partial charge in [-0.05, 0) is 6.07 Å². The summed E-state index contributed by atoms with van der Waals surface area (Å²) in [5, 5.41) is 18.2. The summed E-state index contributed by atoms with van der Waals surface area (Å²) in [6.07, 6.45) is -2.23. The Morgan fingerprint density at radius 2 is 2.14 bits per heavy atom. The van der Waals surface area contributed by atoms with Crippen molar-refractivity contribution >= 4 is 23.8 Å². The van der Waals surface area contributed by atoms with E-state index in [4.69, 9.17) is 15.6 Å². The Hall–Kier alpha value is -1.93. The minimum absolute atomic E-state index is 0.0523. The molecule has 0 unspecified atom stereocenters. The number of nitrogens with zero attached hydrogens (tertiary/aromatic N) is 1. The van der Waals surface area contributed by atoms with E-state index in [0.717, 1.165) is 0 Å². The standard InChI is InChI=1S/C13H16N2O5S/c14-6-5-10(17)15-11(20-13(18)19)7-21-12(15)8-3-1-2-4-9(8)16/h1-4,11-12,16H,5-7,14H2,(H,18,19)/t11-,12-/m1/s1. The van der Waals surface area contributed by atoms with Gasteiger partial charge in [-0.3, -0.25) is 9.69 Å². The molecule has 2 rings (SSSR count). The van der Waals surface area contributed by atoms with E-state index in [9.17, 15) is 14.7 Å². The summed E-state index contributed by atoms with van der Waals surface area (Å²) in [6.45, 7) is 0.160. The van der Waals surface area contributed by atoms with Crippen molar-refractivity contribution in [1.82, 2.24) is 4.90 Å². The van der Waals surface area contributed by atoms with Crippen molar-refractivity contribution in [2.45, 2.75) is 18.0 Å². The molecule has 7 nitrogen and oxygen atoms in total. The van der Waals surface area contributed by atoms with E-state index in [0.29, 0.717) is 11.3 Å². The second kappa shape index (κ2) is 6.68. The van der Waals surface area contributed by atoms with Crippen LogP contribution in [0.3, 0.4) is 0 Å². The summed E-state index contributed by atoms with van der Waals surface area (Å²) >= 11 is 1.34. The number of phenols is 1. The highest BCUT2D eigenvalue weighted by atomic mass is 32.2. The number of carboxylic acid groups (broad SMARTS) is 1. The predicted octanol–water partition coefficient (Wildman–Crippen LogP) is 1.34. The average Bonchev–Trinajstić information content (AvgIpc) is 2.82. The number of nitrogens with two attached hydrogens (primary N) is 1. The largest absolute Gasteiger partial charge is 0.508 e. The van der Waals surface area contributed by atoms with Crippen LogP contribution < -0.4 is 5.73 Å². The molecule has 0 bridgehead atoms. The molecule has 8 heteroatoms. The number of thioether (sulfide) groups is 1. The highest BCUT2D eigenvalue weighted by Gasteiger charge is 2.41. The number of phenolic OH excluding ortho intramolecular Hbond substituents is 1. The van der Waals surface area contributed by atoms with Gasteiger partial charge in [-0.15, -0.1) is 11.8 Å². The molecule has 1 fully saturated rings. The lowest BCUT2D eigenvalue weighted by molar-refractivity contribution is -0.140. The van der Waals surface area contributed by atoms with Gasteiger partial charge in [0.25, 0.3) is 0 Å². The topological polar surface area (TPSA) is 113 Å². The molecular weight excluding hydrogens is 296 g/mol. The Labute approximate surface area is 125 Å². The maximum Gasteiger partial charge on any atom is 0.507 e. The van der Waals surface area contributed by atoms with Gasteiger partial charge in [0.1, 0.15) is 11.1 Å². The monoisotopic (exact) mass is 312 g/mol. The molecule has 1 aliphatic heterocycles. The summed E-state index contributed by atoms with van der Waals surface area (Å²) in [5.74, 6) is 0.0558. The second-order valence-electron chi connectivity index (χ2n) is 4.42. The summed E-state index contributed by atoms with van der Waals surface area (Å²) in [7, 11) is 0. The van der Waals surface area contributed by atoms with Gasteiger partial charge in [-0.1, -0.05) is 18.2 Å². The first-order valence-electron chi connectivity index (χ1n) is 6.35. The molecule has 4 N–H and O–H groups in total. The van der Waals surface area contributed by atoms with Crippen LogP contribution in [-0.2, 0) is 9.53 Å². The fourth-order valence-electron chi connectivity index (χ4n) is 2.17. The van der Waals surface area contributed by atoms with Crippen molar-refractivity contribution in [3.63, 3.8) is 0 Å². The Morgan fingerprint density at radius 3 is 2.76 bits per heavy atom. The SMILES string of the molecule is NCCC(=O)N1[C@@H](c2ccccc2O)SC[C@H]1OC(=O)O. The molecule has 0 radical (unpaired) electrons. The normalized spacial score (nSPS) is 21.3. The van der Waals surface area contributed by atoms with Crippen molar-refractivity contribution in [3.05, 3.63) is 29.8 Å². The highest BCUT2D eigenvalue weighted by molar-refractivity contribution is 7.99. The van der Waals surface area contributed by atoms with Crippen molar-refractivity contribution in [3.8, 4) is 5.75 Å². The van der Waals surface area contributed by atoms with Crippen LogP contribution in [0.2, 0.25) is 0 Å². The smallest absolute Gasteiger partial charge is 0.507 e. The van der Waals surface area contributed by atoms with E-state index >= 15 is 0 Å². The number of para-hydroxylation sites is 1. The lowest BCUT2D eigenvalue weighted by atomic mass is 10.1. The van der Waals surface area contributed by atoms with Crippen LogP contribution in [0.4, 0.5) is 4.79 Å². The Morgan fingerprint density at radius 1 is 1.43 bits per heavy atom. The van der Waals surface area contributed by atoms with Crippen LogP contribution in [0.1, 0.15) is 17.4 Å². The van der Waals surface area contributed by atoms with Gasteiger partial charge >= 0.3 is 6.16 Å². The zero-order valence-corrected chi connectivity index (χ0v) is 12.0. The third-order valence-electron chi connectivity index (χ3n) is 3.05. The van der Waals surface area contributed by atoms with E-state index in [-0.39, 0.29) is 24.6 Å². The van der Waals surface area contributed by atoms with E-state index in [1.165, 1.54) is 22.7 Å².